The standard InChI is InChI=1S/C19H27N3O3/c1-14(17(23)21-15-7-3-2-4-8-15)20-18(24)22-16-9-12-25-19(13-16)10-5-6-11-19/h2-4,7-8,14,16H,5-6,9-13H2,1H3,(H,21,23)(H2,20,22,24)/t14-,16-/m1/s1. The average molecular weight is 345 g/mol. The lowest BCUT2D eigenvalue weighted by Gasteiger charge is -2.38. The number of amides is 3. The second-order valence-electron chi connectivity index (χ2n) is 7.12. The second kappa shape index (κ2) is 7.87. The number of carbonyl (C=O) groups excluding carboxylic acids is 2. The van der Waals surface area contributed by atoms with Gasteiger partial charge in [-0.05, 0) is 44.7 Å². The number of ether oxygens (including phenoxy) is 1. The van der Waals surface area contributed by atoms with Crippen molar-refractivity contribution in [1.82, 2.24) is 10.6 Å². The van der Waals surface area contributed by atoms with Crippen LogP contribution in [0.4, 0.5) is 10.5 Å². The van der Waals surface area contributed by atoms with E-state index in [4.69, 9.17) is 4.74 Å². The third-order valence-electron chi connectivity index (χ3n) is 5.13. The Morgan fingerprint density at radius 2 is 1.92 bits per heavy atom. The molecule has 1 aromatic rings. The van der Waals surface area contributed by atoms with Crippen LogP contribution in [-0.4, -0.2) is 36.2 Å². The van der Waals surface area contributed by atoms with Crippen LogP contribution in [0.3, 0.4) is 0 Å². The van der Waals surface area contributed by atoms with E-state index in [1.165, 1.54) is 12.8 Å². The van der Waals surface area contributed by atoms with Gasteiger partial charge in [0.1, 0.15) is 6.04 Å². The molecule has 1 aromatic carbocycles. The first-order chi connectivity index (χ1) is 12.1. The minimum atomic E-state index is -0.611. The summed E-state index contributed by atoms with van der Waals surface area (Å²) in [5.74, 6) is -0.236. The van der Waals surface area contributed by atoms with Crippen molar-refractivity contribution in [3.63, 3.8) is 0 Å². The molecule has 3 amide bonds. The van der Waals surface area contributed by atoms with Crippen LogP contribution in [-0.2, 0) is 9.53 Å². The SMILES string of the molecule is C[C@@H](NC(=O)N[C@@H]1CCOC2(CCCC2)C1)C(=O)Nc1ccccc1. The van der Waals surface area contributed by atoms with Crippen LogP contribution in [0, 0.1) is 0 Å². The van der Waals surface area contributed by atoms with E-state index in [9.17, 15) is 9.59 Å². The van der Waals surface area contributed by atoms with Gasteiger partial charge < -0.3 is 20.7 Å². The van der Waals surface area contributed by atoms with Crippen molar-refractivity contribution in [3.05, 3.63) is 30.3 Å². The Morgan fingerprint density at radius 3 is 2.64 bits per heavy atom. The molecule has 3 N–H and O–H groups in total. The molecule has 6 nitrogen and oxygen atoms in total. The van der Waals surface area contributed by atoms with Gasteiger partial charge in [-0.1, -0.05) is 31.0 Å². The monoisotopic (exact) mass is 345 g/mol. The number of rotatable bonds is 4. The smallest absolute Gasteiger partial charge is 0.315 e. The zero-order valence-corrected chi connectivity index (χ0v) is 14.7. The Kier molecular flexibility index (Phi) is 5.58. The molecule has 2 aliphatic rings. The van der Waals surface area contributed by atoms with Crippen LogP contribution in [0.2, 0.25) is 0 Å². The molecular formula is C19H27N3O3. The van der Waals surface area contributed by atoms with E-state index >= 15 is 0 Å². The number of carbonyl (C=O) groups is 2. The number of anilines is 1. The van der Waals surface area contributed by atoms with Gasteiger partial charge in [-0.15, -0.1) is 0 Å². The lowest BCUT2D eigenvalue weighted by atomic mass is 9.89. The first-order valence-electron chi connectivity index (χ1n) is 9.13. The number of benzene rings is 1. The maximum Gasteiger partial charge on any atom is 0.315 e. The Morgan fingerprint density at radius 1 is 1.20 bits per heavy atom. The number of nitrogens with one attached hydrogen (secondary N) is 3. The van der Waals surface area contributed by atoms with Gasteiger partial charge in [-0.2, -0.15) is 0 Å². The largest absolute Gasteiger partial charge is 0.375 e. The van der Waals surface area contributed by atoms with E-state index in [1.807, 2.05) is 30.3 Å². The van der Waals surface area contributed by atoms with Crippen molar-refractivity contribution in [2.24, 2.45) is 0 Å². The van der Waals surface area contributed by atoms with Crippen molar-refractivity contribution >= 4 is 17.6 Å². The highest BCUT2D eigenvalue weighted by Crippen LogP contribution is 2.39. The van der Waals surface area contributed by atoms with Crippen LogP contribution in [0.25, 0.3) is 0 Å². The molecule has 1 aliphatic heterocycles. The highest BCUT2D eigenvalue weighted by molar-refractivity contribution is 5.96. The van der Waals surface area contributed by atoms with E-state index in [1.54, 1.807) is 6.92 Å². The molecule has 1 spiro atoms. The molecule has 1 aliphatic carbocycles. The molecule has 1 saturated carbocycles. The fourth-order valence-electron chi connectivity index (χ4n) is 3.78. The van der Waals surface area contributed by atoms with E-state index in [2.05, 4.69) is 16.0 Å². The minimum Gasteiger partial charge on any atom is -0.375 e. The summed E-state index contributed by atoms with van der Waals surface area (Å²) in [6.07, 6.45) is 6.27. The van der Waals surface area contributed by atoms with Crippen molar-refractivity contribution in [1.29, 1.82) is 0 Å². The molecule has 0 aromatic heterocycles. The van der Waals surface area contributed by atoms with Crippen LogP contribution in [0.5, 0.6) is 0 Å². The van der Waals surface area contributed by atoms with Crippen LogP contribution < -0.4 is 16.0 Å². The van der Waals surface area contributed by atoms with Gasteiger partial charge in [0.2, 0.25) is 5.91 Å². The third kappa shape index (κ3) is 4.72. The summed E-state index contributed by atoms with van der Waals surface area (Å²) < 4.78 is 5.99. The van der Waals surface area contributed by atoms with E-state index in [0.717, 1.165) is 25.7 Å². The Balaban J connectivity index is 1.46. The molecule has 3 rings (SSSR count). The molecule has 6 heteroatoms. The summed E-state index contributed by atoms with van der Waals surface area (Å²) in [6, 6.07) is 8.42. The first kappa shape index (κ1) is 17.7. The highest BCUT2D eigenvalue weighted by atomic mass is 16.5. The lowest BCUT2D eigenvalue weighted by molar-refractivity contribution is -0.117. The average Bonchev–Trinajstić information content (AvgIpc) is 3.03. The van der Waals surface area contributed by atoms with Gasteiger partial charge in [0.15, 0.2) is 0 Å². The Bertz CT molecular complexity index is 599. The molecule has 136 valence electrons. The van der Waals surface area contributed by atoms with E-state index in [0.29, 0.717) is 12.3 Å². The Labute approximate surface area is 148 Å². The summed E-state index contributed by atoms with van der Waals surface area (Å²) in [5.41, 5.74) is 0.682. The molecule has 2 fully saturated rings. The van der Waals surface area contributed by atoms with Crippen LogP contribution >= 0.6 is 0 Å². The summed E-state index contributed by atoms with van der Waals surface area (Å²) >= 11 is 0. The van der Waals surface area contributed by atoms with Crippen LogP contribution in [0.1, 0.15) is 45.4 Å². The predicted molar refractivity (Wildman–Crippen MR) is 96.4 cm³/mol. The van der Waals surface area contributed by atoms with Gasteiger partial charge >= 0.3 is 6.03 Å². The molecular weight excluding hydrogens is 318 g/mol. The third-order valence-corrected chi connectivity index (χ3v) is 5.13. The molecule has 0 bridgehead atoms. The molecule has 1 heterocycles. The van der Waals surface area contributed by atoms with E-state index < -0.39 is 6.04 Å². The minimum absolute atomic E-state index is 0.0352. The van der Waals surface area contributed by atoms with E-state index in [-0.39, 0.29) is 23.6 Å². The topological polar surface area (TPSA) is 79.5 Å². The molecule has 2 atom stereocenters. The summed E-state index contributed by atoms with van der Waals surface area (Å²) in [7, 11) is 0. The number of hydrogen-bond acceptors (Lipinski definition) is 3. The van der Waals surface area contributed by atoms with Crippen molar-refractivity contribution < 1.29 is 14.3 Å². The van der Waals surface area contributed by atoms with Crippen molar-refractivity contribution in [2.75, 3.05) is 11.9 Å². The van der Waals surface area contributed by atoms with Gasteiger partial charge in [-0.3, -0.25) is 4.79 Å². The molecule has 0 radical (unpaired) electrons. The molecule has 0 unspecified atom stereocenters. The lowest BCUT2D eigenvalue weighted by Crippen LogP contribution is -2.53. The van der Waals surface area contributed by atoms with Crippen molar-refractivity contribution in [3.8, 4) is 0 Å². The quantitative estimate of drug-likeness (QED) is 0.785. The molecule has 1 saturated heterocycles. The summed E-state index contributed by atoms with van der Waals surface area (Å²) in [5, 5.41) is 8.52. The highest BCUT2D eigenvalue weighted by Gasteiger charge is 2.40. The summed E-state index contributed by atoms with van der Waals surface area (Å²) in [4.78, 5) is 24.4. The van der Waals surface area contributed by atoms with Gasteiger partial charge in [0.25, 0.3) is 0 Å². The molecule has 25 heavy (non-hydrogen) atoms. The van der Waals surface area contributed by atoms with Gasteiger partial charge in [0.05, 0.1) is 5.60 Å². The zero-order valence-electron chi connectivity index (χ0n) is 14.7. The second-order valence-corrected chi connectivity index (χ2v) is 7.12. The Hall–Kier alpha value is -2.08. The number of para-hydroxylation sites is 1. The zero-order chi connectivity index (χ0) is 17.7. The normalized spacial score (nSPS) is 23.0. The maximum absolute atomic E-state index is 12.2. The number of hydrogen-bond donors (Lipinski definition) is 3. The first-order valence-corrected chi connectivity index (χ1v) is 9.13. The van der Waals surface area contributed by atoms with Gasteiger partial charge in [0, 0.05) is 18.3 Å². The van der Waals surface area contributed by atoms with Crippen molar-refractivity contribution in [2.45, 2.75) is 63.1 Å². The number of urea groups is 1. The summed E-state index contributed by atoms with van der Waals surface area (Å²) in [6.45, 7) is 2.37. The van der Waals surface area contributed by atoms with Crippen LogP contribution in [0.15, 0.2) is 30.3 Å². The predicted octanol–water partition coefficient (Wildman–Crippen LogP) is 2.80. The maximum atomic E-state index is 12.2. The van der Waals surface area contributed by atoms with Gasteiger partial charge in [-0.25, -0.2) is 4.79 Å². The fraction of sp³-hybridized carbons (Fsp3) is 0.579. The fourth-order valence-corrected chi connectivity index (χ4v) is 3.78.